The lowest BCUT2D eigenvalue weighted by molar-refractivity contribution is 0.331. The first kappa shape index (κ1) is 12.7. The highest BCUT2D eigenvalue weighted by molar-refractivity contribution is 14.1. The van der Waals surface area contributed by atoms with Gasteiger partial charge < -0.3 is 4.57 Å². The van der Waals surface area contributed by atoms with Crippen LogP contribution in [-0.4, -0.2) is 9.55 Å². The zero-order valence-corrected chi connectivity index (χ0v) is 13.3. The minimum atomic E-state index is 0.200. The predicted octanol–water partition coefficient (Wildman–Crippen LogP) is 4.67. The van der Waals surface area contributed by atoms with Crippen LogP contribution >= 0.6 is 34.2 Å². The number of fused-ring (bicyclic) bond motifs is 1. The lowest BCUT2D eigenvalue weighted by atomic mass is 9.99. The molecule has 1 aromatic carbocycles. The smallest absolute Gasteiger partial charge is 0.125 e. The summed E-state index contributed by atoms with van der Waals surface area (Å²) >= 11 is 8.43. The SMILES string of the molecule is CC1(n2c(CCl)nc3cc(I)ccc32)CCCC1. The van der Waals surface area contributed by atoms with Crippen molar-refractivity contribution in [2.75, 3.05) is 0 Å². The Morgan fingerprint density at radius 2 is 2.11 bits per heavy atom. The van der Waals surface area contributed by atoms with E-state index in [1.807, 2.05) is 0 Å². The highest BCUT2D eigenvalue weighted by Gasteiger charge is 2.33. The maximum atomic E-state index is 6.10. The van der Waals surface area contributed by atoms with Crippen LogP contribution in [0.25, 0.3) is 11.0 Å². The zero-order chi connectivity index (χ0) is 12.8. The van der Waals surface area contributed by atoms with Gasteiger partial charge in [-0.3, -0.25) is 0 Å². The van der Waals surface area contributed by atoms with E-state index in [0.717, 1.165) is 11.3 Å². The van der Waals surface area contributed by atoms with E-state index in [4.69, 9.17) is 16.6 Å². The van der Waals surface area contributed by atoms with Gasteiger partial charge in [0.05, 0.1) is 16.9 Å². The summed E-state index contributed by atoms with van der Waals surface area (Å²) in [5.41, 5.74) is 2.51. The quantitative estimate of drug-likeness (QED) is 0.552. The van der Waals surface area contributed by atoms with E-state index in [9.17, 15) is 0 Å². The molecule has 1 aliphatic carbocycles. The van der Waals surface area contributed by atoms with Crippen molar-refractivity contribution in [3.63, 3.8) is 0 Å². The average molecular weight is 375 g/mol. The minimum Gasteiger partial charge on any atom is -0.321 e. The van der Waals surface area contributed by atoms with Crippen molar-refractivity contribution in [1.29, 1.82) is 0 Å². The van der Waals surface area contributed by atoms with Gasteiger partial charge in [-0.15, -0.1) is 11.6 Å². The lowest BCUT2D eigenvalue weighted by Crippen LogP contribution is -2.27. The molecule has 0 spiro atoms. The van der Waals surface area contributed by atoms with Crippen LogP contribution in [0, 0.1) is 3.57 Å². The van der Waals surface area contributed by atoms with Crippen LogP contribution in [0.2, 0.25) is 0 Å². The summed E-state index contributed by atoms with van der Waals surface area (Å²) in [4.78, 5) is 4.71. The highest BCUT2D eigenvalue weighted by atomic mass is 127. The van der Waals surface area contributed by atoms with Gasteiger partial charge in [-0.2, -0.15) is 0 Å². The molecule has 0 saturated heterocycles. The van der Waals surface area contributed by atoms with Gasteiger partial charge in [-0.25, -0.2) is 4.98 Å². The number of hydrogen-bond acceptors (Lipinski definition) is 1. The van der Waals surface area contributed by atoms with Crippen molar-refractivity contribution in [2.24, 2.45) is 0 Å². The van der Waals surface area contributed by atoms with E-state index in [1.54, 1.807) is 0 Å². The minimum absolute atomic E-state index is 0.200. The van der Waals surface area contributed by atoms with E-state index >= 15 is 0 Å². The number of aromatic nitrogens is 2. The van der Waals surface area contributed by atoms with Crippen LogP contribution in [0.1, 0.15) is 38.4 Å². The molecule has 0 N–H and O–H groups in total. The van der Waals surface area contributed by atoms with Gasteiger partial charge in [0, 0.05) is 9.11 Å². The molecule has 1 aliphatic rings. The molecule has 1 aromatic heterocycles. The third-order valence-corrected chi connectivity index (χ3v) is 4.94. The third-order valence-electron chi connectivity index (χ3n) is 4.03. The van der Waals surface area contributed by atoms with Gasteiger partial charge in [0.25, 0.3) is 0 Å². The monoisotopic (exact) mass is 374 g/mol. The third kappa shape index (κ3) is 1.95. The van der Waals surface area contributed by atoms with Crippen molar-refractivity contribution in [2.45, 2.75) is 44.0 Å². The molecule has 1 fully saturated rings. The summed E-state index contributed by atoms with van der Waals surface area (Å²) in [5, 5.41) is 0. The van der Waals surface area contributed by atoms with Gasteiger partial charge >= 0.3 is 0 Å². The van der Waals surface area contributed by atoms with Gasteiger partial charge in [0.1, 0.15) is 5.82 Å². The molecule has 1 saturated carbocycles. The summed E-state index contributed by atoms with van der Waals surface area (Å²) in [6.45, 7) is 2.34. The van der Waals surface area contributed by atoms with Crippen LogP contribution in [-0.2, 0) is 11.4 Å². The first-order valence-corrected chi connectivity index (χ1v) is 7.99. The summed E-state index contributed by atoms with van der Waals surface area (Å²) in [6.07, 6.45) is 5.08. The largest absolute Gasteiger partial charge is 0.321 e. The van der Waals surface area contributed by atoms with Crippen LogP contribution in [0.15, 0.2) is 18.2 Å². The fourth-order valence-electron chi connectivity index (χ4n) is 3.16. The van der Waals surface area contributed by atoms with Gasteiger partial charge in [0.2, 0.25) is 0 Å². The number of halogens is 2. The molecule has 0 atom stereocenters. The molecule has 3 rings (SSSR count). The second-order valence-corrected chi connectivity index (χ2v) is 6.85. The molecule has 0 unspecified atom stereocenters. The van der Waals surface area contributed by atoms with Gasteiger partial charge in [-0.05, 0) is 60.6 Å². The normalized spacial score (nSPS) is 18.6. The van der Waals surface area contributed by atoms with Crippen LogP contribution in [0.3, 0.4) is 0 Å². The fraction of sp³-hybridized carbons (Fsp3) is 0.500. The number of alkyl halides is 1. The molecule has 1 heterocycles. The topological polar surface area (TPSA) is 17.8 Å². The number of hydrogen-bond donors (Lipinski definition) is 0. The molecule has 0 radical (unpaired) electrons. The van der Waals surface area contributed by atoms with E-state index in [-0.39, 0.29) is 5.54 Å². The van der Waals surface area contributed by atoms with E-state index in [2.05, 4.69) is 52.3 Å². The van der Waals surface area contributed by atoms with Gasteiger partial charge in [-0.1, -0.05) is 12.8 Å². The maximum absolute atomic E-state index is 6.10. The van der Waals surface area contributed by atoms with E-state index < -0.39 is 0 Å². The number of imidazole rings is 1. The second kappa shape index (κ2) is 4.67. The highest BCUT2D eigenvalue weighted by Crippen LogP contribution is 2.39. The van der Waals surface area contributed by atoms with Crippen LogP contribution in [0.4, 0.5) is 0 Å². The van der Waals surface area contributed by atoms with Crippen molar-refractivity contribution < 1.29 is 0 Å². The molecule has 0 amide bonds. The van der Waals surface area contributed by atoms with Crippen molar-refractivity contribution in [1.82, 2.24) is 9.55 Å². The molecule has 0 aliphatic heterocycles. The van der Waals surface area contributed by atoms with E-state index in [1.165, 1.54) is 34.8 Å². The molecular weight excluding hydrogens is 359 g/mol. The fourth-order valence-corrected chi connectivity index (χ4v) is 3.81. The summed E-state index contributed by atoms with van der Waals surface area (Å²) in [5.74, 6) is 1.50. The first-order chi connectivity index (χ1) is 8.64. The summed E-state index contributed by atoms with van der Waals surface area (Å²) < 4.78 is 3.61. The molecule has 4 heteroatoms. The Balaban J connectivity index is 2.25. The standard InChI is InChI=1S/C14H16ClIN2/c1-14(6-2-3-7-14)18-12-5-4-10(16)8-11(12)17-13(18)9-15/h4-5,8H,2-3,6-7,9H2,1H3. The molecule has 2 aromatic rings. The predicted molar refractivity (Wildman–Crippen MR) is 84.1 cm³/mol. The molecule has 2 nitrogen and oxygen atoms in total. The van der Waals surface area contributed by atoms with Crippen molar-refractivity contribution in [3.8, 4) is 0 Å². The first-order valence-electron chi connectivity index (χ1n) is 6.37. The Morgan fingerprint density at radius 3 is 2.78 bits per heavy atom. The Bertz CT molecular complexity index is 585. The summed E-state index contributed by atoms with van der Waals surface area (Å²) in [6, 6.07) is 6.47. The molecule has 18 heavy (non-hydrogen) atoms. The summed E-state index contributed by atoms with van der Waals surface area (Å²) in [7, 11) is 0. The van der Waals surface area contributed by atoms with E-state index in [0.29, 0.717) is 5.88 Å². The Morgan fingerprint density at radius 1 is 1.39 bits per heavy atom. The maximum Gasteiger partial charge on any atom is 0.125 e. The zero-order valence-electron chi connectivity index (χ0n) is 10.4. The number of nitrogens with zero attached hydrogens (tertiary/aromatic N) is 2. The Kier molecular flexibility index (Phi) is 3.30. The Hall–Kier alpha value is -0.290. The second-order valence-electron chi connectivity index (χ2n) is 5.33. The van der Waals surface area contributed by atoms with Crippen molar-refractivity contribution in [3.05, 3.63) is 27.6 Å². The van der Waals surface area contributed by atoms with Gasteiger partial charge in [0.15, 0.2) is 0 Å². The Labute approximate surface area is 126 Å². The molecule has 0 bridgehead atoms. The van der Waals surface area contributed by atoms with Crippen LogP contribution in [0.5, 0.6) is 0 Å². The average Bonchev–Trinajstić information content (AvgIpc) is 2.92. The van der Waals surface area contributed by atoms with Crippen LogP contribution < -0.4 is 0 Å². The molecule has 96 valence electrons. The number of rotatable bonds is 2. The number of benzene rings is 1. The van der Waals surface area contributed by atoms with Crippen molar-refractivity contribution >= 4 is 45.2 Å². The lowest BCUT2D eigenvalue weighted by Gasteiger charge is -2.28. The molecular formula is C14H16ClIN2.